The van der Waals surface area contributed by atoms with Gasteiger partial charge in [-0.2, -0.15) is 0 Å². The van der Waals surface area contributed by atoms with Crippen LogP contribution >= 0.6 is 92.2 Å². The largest absolute Gasteiger partial charge is 0.0843 e. The molecule has 0 bridgehead atoms. The van der Waals surface area contributed by atoms with E-state index in [2.05, 4.69) is 22.6 Å². The molecule has 31 heavy (non-hydrogen) atoms. The first kappa shape index (κ1) is 23.5. The quantitative estimate of drug-likeness (QED) is 0.196. The molecule has 0 radical (unpaired) electrons. The van der Waals surface area contributed by atoms with Crippen molar-refractivity contribution in [3.05, 3.63) is 100 Å². The highest BCUT2D eigenvalue weighted by atomic mass is 127. The average molecular weight is 639 g/mol. The summed E-state index contributed by atoms with van der Waals surface area (Å²) >= 11 is 41.0. The molecule has 0 N–H and O–H groups in total. The first-order chi connectivity index (χ1) is 14.7. The smallest absolute Gasteiger partial charge is 0.0598 e. The van der Waals surface area contributed by atoms with Gasteiger partial charge < -0.3 is 0 Å². The maximum Gasteiger partial charge on any atom is 0.0598 e. The van der Waals surface area contributed by atoms with Crippen LogP contribution in [-0.4, -0.2) is 0 Å². The minimum atomic E-state index is 0.436. The van der Waals surface area contributed by atoms with Crippen molar-refractivity contribution in [1.29, 1.82) is 0 Å². The van der Waals surface area contributed by atoms with Crippen LogP contribution in [0.4, 0.5) is 0 Å². The van der Waals surface area contributed by atoms with Gasteiger partial charge in [-0.3, -0.25) is 0 Å². The fraction of sp³-hybridized carbons (Fsp3) is 0. The van der Waals surface area contributed by atoms with Crippen LogP contribution < -0.4 is 0 Å². The van der Waals surface area contributed by atoms with Gasteiger partial charge in [-0.05, 0) is 93.4 Å². The summed E-state index contributed by atoms with van der Waals surface area (Å²) in [7, 11) is 0. The second-order valence-corrected chi connectivity index (χ2v) is 10.5. The molecule has 0 aliphatic rings. The van der Waals surface area contributed by atoms with Gasteiger partial charge in [0.15, 0.2) is 0 Å². The summed E-state index contributed by atoms with van der Waals surface area (Å²) < 4.78 is 1.12. The van der Waals surface area contributed by atoms with Gasteiger partial charge in [-0.25, -0.2) is 0 Å². The second-order valence-electron chi connectivity index (χ2n) is 6.76. The summed E-state index contributed by atoms with van der Waals surface area (Å²) in [4.78, 5) is 0. The van der Waals surface area contributed by atoms with Gasteiger partial charge in [0.1, 0.15) is 0 Å². The lowest BCUT2D eigenvalue weighted by atomic mass is 9.90. The van der Waals surface area contributed by atoms with Gasteiger partial charge in [0, 0.05) is 24.7 Å². The van der Waals surface area contributed by atoms with Crippen molar-refractivity contribution >= 4 is 92.2 Å². The molecule has 0 fully saturated rings. The van der Waals surface area contributed by atoms with E-state index in [0.29, 0.717) is 35.7 Å². The molecule has 0 atom stereocenters. The molecule has 4 aromatic rings. The zero-order valence-electron chi connectivity index (χ0n) is 15.5. The summed E-state index contributed by atoms with van der Waals surface area (Å²) in [6.45, 7) is 0. The Kier molecular flexibility index (Phi) is 7.34. The Morgan fingerprint density at radius 2 is 1.10 bits per heavy atom. The summed E-state index contributed by atoms with van der Waals surface area (Å²) in [5, 5.41) is 2.84. The molecule has 0 spiro atoms. The van der Waals surface area contributed by atoms with E-state index < -0.39 is 0 Å². The predicted octanol–water partition coefficient (Wildman–Crippen LogP) is 11.2. The van der Waals surface area contributed by atoms with Gasteiger partial charge in [-0.15, -0.1) is 0 Å². The highest BCUT2D eigenvalue weighted by Gasteiger charge is 2.21. The highest BCUT2D eigenvalue weighted by molar-refractivity contribution is 14.1. The Balaban J connectivity index is 2.07. The van der Waals surface area contributed by atoms with Crippen molar-refractivity contribution in [2.75, 3.05) is 0 Å². The number of hydrogen-bond donors (Lipinski definition) is 0. The van der Waals surface area contributed by atoms with E-state index in [-0.39, 0.29) is 0 Å². The average Bonchev–Trinajstić information content (AvgIpc) is 2.70. The molecule has 0 aromatic heterocycles. The topological polar surface area (TPSA) is 0 Å². The Labute approximate surface area is 224 Å². The van der Waals surface area contributed by atoms with Crippen LogP contribution in [0.2, 0.25) is 30.1 Å². The monoisotopic (exact) mass is 636 g/mol. The van der Waals surface area contributed by atoms with E-state index in [1.807, 2.05) is 36.4 Å². The molecule has 4 aromatic carbocycles. The molecule has 0 saturated carbocycles. The minimum Gasteiger partial charge on any atom is -0.0843 e. The Hall–Kier alpha value is -0.650. The molecular formula is C24H11Cl6I. The summed E-state index contributed by atoms with van der Waals surface area (Å²) in [5.74, 6) is 0. The lowest BCUT2D eigenvalue weighted by molar-refractivity contribution is 1.55. The molecule has 7 heteroatoms. The second kappa shape index (κ2) is 9.69. The molecule has 156 valence electrons. The lowest BCUT2D eigenvalue weighted by Gasteiger charge is -2.19. The van der Waals surface area contributed by atoms with Crippen molar-refractivity contribution in [2.45, 2.75) is 0 Å². The zero-order valence-corrected chi connectivity index (χ0v) is 22.2. The van der Waals surface area contributed by atoms with Crippen LogP contribution in [0.15, 0.2) is 66.7 Å². The SMILES string of the molecule is Clc1cc(Cl)cc(-c2c(Cl)cc(-c3ccc(I)cc3)c(-c3ccc(Cl)c(Cl)c3)c2Cl)c1. The predicted molar refractivity (Wildman–Crippen MR) is 146 cm³/mol. The standard InChI is InChI=1S/C24H11Cl6I/c25-15-7-14(8-16(26)10-15)23-21(29)11-18(12-1-4-17(31)5-2-12)22(24(23)30)13-3-6-19(27)20(28)9-13/h1-11H. The van der Waals surface area contributed by atoms with Gasteiger partial charge in [0.25, 0.3) is 0 Å². The Morgan fingerprint density at radius 3 is 1.71 bits per heavy atom. The fourth-order valence-corrected chi connectivity index (χ4v) is 5.34. The van der Waals surface area contributed by atoms with E-state index in [1.165, 1.54) is 0 Å². The van der Waals surface area contributed by atoms with Gasteiger partial charge >= 0.3 is 0 Å². The van der Waals surface area contributed by atoms with E-state index in [4.69, 9.17) is 69.6 Å². The highest BCUT2D eigenvalue weighted by Crippen LogP contribution is 2.48. The normalized spacial score (nSPS) is 11.1. The van der Waals surface area contributed by atoms with Crippen LogP contribution in [-0.2, 0) is 0 Å². The van der Waals surface area contributed by atoms with Crippen LogP contribution in [0, 0.1) is 3.57 Å². The van der Waals surface area contributed by atoms with Crippen LogP contribution in [0.5, 0.6) is 0 Å². The minimum absolute atomic E-state index is 0.436. The van der Waals surface area contributed by atoms with E-state index in [1.54, 1.807) is 30.3 Å². The first-order valence-electron chi connectivity index (χ1n) is 8.94. The van der Waals surface area contributed by atoms with Crippen molar-refractivity contribution in [1.82, 2.24) is 0 Å². The van der Waals surface area contributed by atoms with Gasteiger partial charge in [-0.1, -0.05) is 87.8 Å². The molecule has 0 unspecified atom stereocenters. The van der Waals surface area contributed by atoms with Gasteiger partial charge in [0.2, 0.25) is 0 Å². The third-order valence-corrected chi connectivity index (χ3v) is 7.30. The zero-order chi connectivity index (χ0) is 22.3. The van der Waals surface area contributed by atoms with Crippen molar-refractivity contribution < 1.29 is 0 Å². The maximum atomic E-state index is 7.02. The summed E-state index contributed by atoms with van der Waals surface area (Å²) in [5.41, 5.74) is 4.82. The third-order valence-electron chi connectivity index (χ3n) is 4.73. The molecule has 0 heterocycles. The first-order valence-corrected chi connectivity index (χ1v) is 12.3. The van der Waals surface area contributed by atoms with Crippen LogP contribution in [0.1, 0.15) is 0 Å². The van der Waals surface area contributed by atoms with Crippen molar-refractivity contribution in [3.8, 4) is 33.4 Å². The Morgan fingerprint density at radius 1 is 0.484 bits per heavy atom. The van der Waals surface area contributed by atoms with Crippen LogP contribution in [0.3, 0.4) is 0 Å². The molecule has 0 saturated heterocycles. The number of rotatable bonds is 3. The lowest BCUT2D eigenvalue weighted by Crippen LogP contribution is -1.93. The molecule has 0 aliphatic heterocycles. The molecule has 0 aliphatic carbocycles. The van der Waals surface area contributed by atoms with Crippen molar-refractivity contribution in [2.24, 2.45) is 0 Å². The third kappa shape index (κ3) is 4.99. The Bertz CT molecular complexity index is 1280. The van der Waals surface area contributed by atoms with Crippen LogP contribution in [0.25, 0.3) is 33.4 Å². The number of benzene rings is 4. The number of halogens is 7. The van der Waals surface area contributed by atoms with E-state index >= 15 is 0 Å². The number of hydrogen-bond acceptors (Lipinski definition) is 0. The van der Waals surface area contributed by atoms with E-state index in [9.17, 15) is 0 Å². The molecular weight excluding hydrogens is 628 g/mol. The molecule has 0 amide bonds. The summed E-state index contributed by atoms with van der Waals surface area (Å²) in [6, 6.07) is 20.7. The molecule has 4 rings (SSSR count). The van der Waals surface area contributed by atoms with Crippen molar-refractivity contribution in [3.63, 3.8) is 0 Å². The fourth-order valence-electron chi connectivity index (χ4n) is 3.37. The summed E-state index contributed by atoms with van der Waals surface area (Å²) in [6.07, 6.45) is 0. The van der Waals surface area contributed by atoms with E-state index in [0.717, 1.165) is 31.4 Å². The molecule has 0 nitrogen and oxygen atoms in total. The van der Waals surface area contributed by atoms with Gasteiger partial charge in [0.05, 0.1) is 20.1 Å². The maximum absolute atomic E-state index is 7.02.